The number of aromatic nitrogens is 3. The summed E-state index contributed by atoms with van der Waals surface area (Å²) >= 11 is 0. The Morgan fingerprint density at radius 3 is 2.76 bits per heavy atom. The summed E-state index contributed by atoms with van der Waals surface area (Å²) in [4.78, 5) is 4.82. The molecule has 29 heavy (non-hydrogen) atoms. The minimum Gasteiger partial charge on any atom is -0.378 e. The second-order valence-electron chi connectivity index (χ2n) is 8.37. The van der Waals surface area contributed by atoms with Gasteiger partial charge in [0.2, 0.25) is 0 Å². The van der Waals surface area contributed by atoms with E-state index in [1.165, 1.54) is 19.3 Å². The van der Waals surface area contributed by atoms with E-state index in [9.17, 15) is 0 Å². The highest BCUT2D eigenvalue weighted by Crippen LogP contribution is 2.57. The average molecular weight is 518 g/mol. The van der Waals surface area contributed by atoms with Crippen LogP contribution in [0.1, 0.15) is 57.1 Å². The van der Waals surface area contributed by atoms with Crippen molar-refractivity contribution in [3.05, 3.63) is 11.6 Å². The first-order valence-electron chi connectivity index (χ1n) is 10.8. The zero-order valence-electron chi connectivity index (χ0n) is 17.8. The molecule has 2 heterocycles. The van der Waals surface area contributed by atoms with Gasteiger partial charge in [-0.15, -0.1) is 34.2 Å². The zero-order valence-corrected chi connectivity index (χ0v) is 20.1. The third kappa shape index (κ3) is 4.71. The quantitative estimate of drug-likeness (QED) is 0.328. The molecule has 0 radical (unpaired) electrons. The van der Waals surface area contributed by atoms with Crippen LogP contribution in [-0.4, -0.2) is 58.7 Å². The molecule has 1 saturated heterocycles. The van der Waals surface area contributed by atoms with Gasteiger partial charge in [0.15, 0.2) is 11.8 Å². The van der Waals surface area contributed by atoms with Crippen molar-refractivity contribution in [1.82, 2.24) is 25.4 Å². The molecule has 1 spiro atoms. The lowest BCUT2D eigenvalue weighted by Crippen LogP contribution is -2.68. The molecule has 4 rings (SSSR count). The van der Waals surface area contributed by atoms with Gasteiger partial charge in [0.05, 0.1) is 12.2 Å². The number of rotatable bonds is 7. The van der Waals surface area contributed by atoms with Crippen molar-refractivity contribution in [2.24, 2.45) is 17.5 Å². The van der Waals surface area contributed by atoms with E-state index in [4.69, 9.17) is 14.5 Å². The number of aliphatic imine (C=N–C) groups is 1. The molecule has 1 aromatic rings. The third-order valence-electron chi connectivity index (χ3n) is 6.83. The lowest BCUT2D eigenvalue weighted by molar-refractivity contribution is -0.168. The Morgan fingerprint density at radius 2 is 2.17 bits per heavy atom. The van der Waals surface area contributed by atoms with Crippen LogP contribution in [0.15, 0.2) is 4.99 Å². The molecule has 0 aromatic carbocycles. The second kappa shape index (κ2) is 9.91. The van der Waals surface area contributed by atoms with Gasteiger partial charge in [0.25, 0.3) is 0 Å². The molecule has 2 saturated carbocycles. The molecule has 2 aliphatic carbocycles. The maximum absolute atomic E-state index is 5.99. The summed E-state index contributed by atoms with van der Waals surface area (Å²) in [5, 5.41) is 15.6. The van der Waals surface area contributed by atoms with Gasteiger partial charge in [0, 0.05) is 38.3 Å². The Morgan fingerprint density at radius 1 is 1.34 bits per heavy atom. The lowest BCUT2D eigenvalue weighted by atomic mass is 9.51. The molecule has 164 valence electrons. The number of aryl methyl sites for hydroxylation is 1. The van der Waals surface area contributed by atoms with Gasteiger partial charge < -0.3 is 24.7 Å². The number of nitrogens with one attached hydrogen (secondary N) is 2. The van der Waals surface area contributed by atoms with Crippen LogP contribution in [0.25, 0.3) is 0 Å². The molecule has 1 aromatic heterocycles. The van der Waals surface area contributed by atoms with Crippen LogP contribution in [0, 0.1) is 12.3 Å². The van der Waals surface area contributed by atoms with Gasteiger partial charge in [-0.25, -0.2) is 4.99 Å². The van der Waals surface area contributed by atoms with E-state index in [0.29, 0.717) is 24.1 Å². The predicted molar refractivity (Wildman–Crippen MR) is 123 cm³/mol. The average Bonchev–Trinajstić information content (AvgIpc) is 3.26. The van der Waals surface area contributed by atoms with Crippen LogP contribution in [0.4, 0.5) is 0 Å². The van der Waals surface area contributed by atoms with E-state index in [0.717, 1.165) is 56.6 Å². The van der Waals surface area contributed by atoms with Crippen molar-refractivity contribution in [3.63, 3.8) is 0 Å². The maximum Gasteiger partial charge on any atom is 0.192 e. The van der Waals surface area contributed by atoms with Gasteiger partial charge in [-0.3, -0.25) is 0 Å². The zero-order chi connectivity index (χ0) is 19.6. The molecule has 3 fully saturated rings. The highest BCUT2D eigenvalue weighted by molar-refractivity contribution is 14.0. The number of nitrogens with zero attached hydrogens (tertiary/aromatic N) is 4. The summed E-state index contributed by atoms with van der Waals surface area (Å²) in [6.45, 7) is 7.00. The van der Waals surface area contributed by atoms with Gasteiger partial charge in [-0.05, 0) is 46.0 Å². The Balaban J connectivity index is 0.00000240. The first-order valence-corrected chi connectivity index (χ1v) is 10.8. The first-order chi connectivity index (χ1) is 13.6. The second-order valence-corrected chi connectivity index (χ2v) is 8.37. The minimum absolute atomic E-state index is 0. The molecule has 9 heteroatoms. The fourth-order valence-electron chi connectivity index (χ4n) is 4.71. The topological polar surface area (TPSA) is 85.6 Å². The molecule has 0 bridgehead atoms. The van der Waals surface area contributed by atoms with Crippen LogP contribution in [0.5, 0.6) is 0 Å². The van der Waals surface area contributed by atoms with E-state index in [1.54, 1.807) is 0 Å². The normalized spacial score (nSPS) is 27.8. The molecule has 0 amide bonds. The van der Waals surface area contributed by atoms with E-state index >= 15 is 0 Å². The molecule has 1 aliphatic heterocycles. The van der Waals surface area contributed by atoms with Gasteiger partial charge in [-0.2, -0.15) is 0 Å². The van der Waals surface area contributed by atoms with Gasteiger partial charge in [-0.1, -0.05) is 6.42 Å². The Labute approximate surface area is 190 Å². The highest BCUT2D eigenvalue weighted by atomic mass is 127. The van der Waals surface area contributed by atoms with Crippen LogP contribution in [0.3, 0.4) is 0 Å². The fraction of sp³-hybridized carbons (Fsp3) is 0.850. The van der Waals surface area contributed by atoms with Crippen molar-refractivity contribution in [2.75, 3.05) is 19.8 Å². The molecule has 2 N–H and O–H groups in total. The number of hydrogen-bond donors (Lipinski definition) is 2. The summed E-state index contributed by atoms with van der Waals surface area (Å²) in [6.07, 6.45) is 7.78. The highest BCUT2D eigenvalue weighted by Gasteiger charge is 2.59. The smallest absolute Gasteiger partial charge is 0.192 e. The lowest BCUT2D eigenvalue weighted by Gasteiger charge is -2.61. The summed E-state index contributed by atoms with van der Waals surface area (Å²) < 4.78 is 13.7. The SMILES string of the molecule is CCOC1CC(NC(=NCc2nnc(C)n2C)NCC2CCCO2)C12CCC2.I. The monoisotopic (exact) mass is 518 g/mol. The number of guanidine groups is 1. The first kappa shape index (κ1) is 22.7. The van der Waals surface area contributed by atoms with Crippen LogP contribution < -0.4 is 10.6 Å². The summed E-state index contributed by atoms with van der Waals surface area (Å²) in [5.41, 5.74) is 0.295. The van der Waals surface area contributed by atoms with Crippen LogP contribution in [-0.2, 0) is 23.1 Å². The van der Waals surface area contributed by atoms with E-state index < -0.39 is 0 Å². The van der Waals surface area contributed by atoms with Crippen molar-refractivity contribution in [3.8, 4) is 0 Å². The van der Waals surface area contributed by atoms with Crippen molar-refractivity contribution >= 4 is 29.9 Å². The fourth-order valence-corrected chi connectivity index (χ4v) is 4.71. The Bertz CT molecular complexity index is 699. The van der Waals surface area contributed by atoms with Crippen LogP contribution >= 0.6 is 24.0 Å². The van der Waals surface area contributed by atoms with Crippen LogP contribution in [0.2, 0.25) is 0 Å². The maximum atomic E-state index is 5.99. The van der Waals surface area contributed by atoms with E-state index in [-0.39, 0.29) is 30.1 Å². The summed E-state index contributed by atoms with van der Waals surface area (Å²) in [6, 6.07) is 0.426. The van der Waals surface area contributed by atoms with Crippen molar-refractivity contribution in [2.45, 2.75) is 77.2 Å². The van der Waals surface area contributed by atoms with Crippen molar-refractivity contribution in [1.29, 1.82) is 0 Å². The molecule has 3 aliphatic rings. The van der Waals surface area contributed by atoms with E-state index in [1.807, 2.05) is 18.5 Å². The minimum atomic E-state index is 0. The van der Waals surface area contributed by atoms with E-state index in [2.05, 4.69) is 27.8 Å². The van der Waals surface area contributed by atoms with Crippen molar-refractivity contribution < 1.29 is 9.47 Å². The van der Waals surface area contributed by atoms with Gasteiger partial charge in [0.1, 0.15) is 12.4 Å². The van der Waals surface area contributed by atoms with Gasteiger partial charge >= 0.3 is 0 Å². The number of halogens is 1. The summed E-state index contributed by atoms with van der Waals surface area (Å²) in [7, 11) is 1.98. The third-order valence-corrected chi connectivity index (χ3v) is 6.83. The molecule has 3 unspecified atom stereocenters. The standard InChI is InChI=1S/C20H34N6O2.HI/c1-4-27-17-11-16(20(17)8-6-9-20)23-19(21-12-15-7-5-10-28-15)22-13-18-25-24-14(2)26(18)3;/h15-17H,4-13H2,1-3H3,(H2,21,22,23);1H. The molecule has 3 atom stereocenters. The largest absolute Gasteiger partial charge is 0.378 e. The number of ether oxygens (including phenoxy) is 2. The molecule has 8 nitrogen and oxygen atoms in total. The Kier molecular flexibility index (Phi) is 7.77. The Hall–Kier alpha value is -0.940. The predicted octanol–water partition coefficient (Wildman–Crippen LogP) is 2.30. The number of hydrogen-bond acceptors (Lipinski definition) is 5. The summed E-state index contributed by atoms with van der Waals surface area (Å²) in [5.74, 6) is 2.62. The molecular formula is C20H35IN6O2. The molecular weight excluding hydrogens is 483 g/mol.